The Bertz CT molecular complexity index is 565. The van der Waals surface area contributed by atoms with Crippen LogP contribution >= 0.6 is 11.6 Å². The first-order chi connectivity index (χ1) is 8.97. The van der Waals surface area contributed by atoms with Crippen LogP contribution in [0, 0.1) is 6.92 Å². The number of hydrogen-bond donors (Lipinski definition) is 1. The van der Waals surface area contributed by atoms with Crippen molar-refractivity contribution in [1.29, 1.82) is 0 Å². The van der Waals surface area contributed by atoms with Gasteiger partial charge in [0, 0.05) is 23.8 Å². The maximum absolute atomic E-state index is 6.03. The molecule has 0 amide bonds. The van der Waals surface area contributed by atoms with Crippen molar-refractivity contribution >= 4 is 23.4 Å². The number of benzene rings is 1. The molecule has 1 aromatic heterocycles. The number of aromatic nitrogens is 2. The molecule has 1 atom stereocenters. The van der Waals surface area contributed by atoms with Crippen molar-refractivity contribution in [3.8, 4) is 0 Å². The van der Waals surface area contributed by atoms with E-state index in [0.29, 0.717) is 5.95 Å². The first-order valence-electron chi connectivity index (χ1n) is 6.07. The lowest BCUT2D eigenvalue weighted by molar-refractivity contribution is 0.727. The van der Waals surface area contributed by atoms with Crippen molar-refractivity contribution in [2.24, 2.45) is 0 Å². The number of halogens is 1. The average molecular weight is 277 g/mol. The zero-order valence-electron chi connectivity index (χ0n) is 11.3. The molecule has 2 rings (SSSR count). The summed E-state index contributed by atoms with van der Waals surface area (Å²) in [6.07, 6.45) is 0. The first-order valence-corrected chi connectivity index (χ1v) is 6.44. The summed E-state index contributed by atoms with van der Waals surface area (Å²) in [5.41, 5.74) is 7.67. The third-order valence-electron chi connectivity index (χ3n) is 3.13. The van der Waals surface area contributed by atoms with Crippen LogP contribution in [-0.4, -0.2) is 17.0 Å². The molecule has 0 aliphatic rings. The van der Waals surface area contributed by atoms with Gasteiger partial charge in [-0.1, -0.05) is 23.7 Å². The first kappa shape index (κ1) is 13.6. The Morgan fingerprint density at radius 1 is 1.26 bits per heavy atom. The summed E-state index contributed by atoms with van der Waals surface area (Å²) >= 11 is 6.03. The Labute approximate surface area is 118 Å². The van der Waals surface area contributed by atoms with Crippen LogP contribution in [0.15, 0.2) is 30.3 Å². The molecule has 100 valence electrons. The van der Waals surface area contributed by atoms with Gasteiger partial charge in [0.1, 0.15) is 5.82 Å². The number of anilines is 2. The van der Waals surface area contributed by atoms with E-state index in [1.165, 1.54) is 0 Å². The molecule has 5 heteroatoms. The summed E-state index contributed by atoms with van der Waals surface area (Å²) in [4.78, 5) is 10.4. The Morgan fingerprint density at radius 3 is 2.63 bits per heavy atom. The molecule has 4 nitrogen and oxygen atoms in total. The summed E-state index contributed by atoms with van der Waals surface area (Å²) in [6, 6.07) is 9.88. The van der Waals surface area contributed by atoms with Crippen LogP contribution in [0.3, 0.4) is 0 Å². The van der Waals surface area contributed by atoms with Crippen molar-refractivity contribution in [2.45, 2.75) is 19.9 Å². The quantitative estimate of drug-likeness (QED) is 0.935. The van der Waals surface area contributed by atoms with Crippen molar-refractivity contribution in [3.05, 3.63) is 46.6 Å². The summed E-state index contributed by atoms with van der Waals surface area (Å²) in [7, 11) is 1.98. The molecule has 1 heterocycles. The molecule has 0 aliphatic heterocycles. The lowest BCUT2D eigenvalue weighted by Gasteiger charge is -2.26. The van der Waals surface area contributed by atoms with E-state index >= 15 is 0 Å². The van der Waals surface area contributed by atoms with E-state index in [4.69, 9.17) is 17.3 Å². The number of rotatable bonds is 3. The molecule has 19 heavy (non-hydrogen) atoms. The van der Waals surface area contributed by atoms with Gasteiger partial charge >= 0.3 is 0 Å². The van der Waals surface area contributed by atoms with Gasteiger partial charge in [-0.3, -0.25) is 0 Å². The van der Waals surface area contributed by atoms with E-state index < -0.39 is 0 Å². The van der Waals surface area contributed by atoms with E-state index in [1.54, 1.807) is 0 Å². The molecule has 1 unspecified atom stereocenters. The minimum absolute atomic E-state index is 0.146. The molecule has 1 aromatic carbocycles. The van der Waals surface area contributed by atoms with Crippen LogP contribution in [0.2, 0.25) is 5.02 Å². The largest absolute Gasteiger partial charge is 0.368 e. The van der Waals surface area contributed by atoms with E-state index in [-0.39, 0.29) is 6.04 Å². The number of nitrogens with two attached hydrogens (primary N) is 1. The van der Waals surface area contributed by atoms with Gasteiger partial charge in [0.05, 0.1) is 6.04 Å². The van der Waals surface area contributed by atoms with E-state index in [1.807, 2.05) is 44.3 Å². The van der Waals surface area contributed by atoms with Gasteiger partial charge in [-0.05, 0) is 31.5 Å². The summed E-state index contributed by atoms with van der Waals surface area (Å²) in [5.74, 6) is 1.10. The monoisotopic (exact) mass is 276 g/mol. The van der Waals surface area contributed by atoms with Gasteiger partial charge in [-0.15, -0.1) is 0 Å². The molecule has 0 radical (unpaired) electrons. The molecule has 0 bridgehead atoms. The second kappa shape index (κ2) is 5.45. The minimum Gasteiger partial charge on any atom is -0.368 e. The number of nitrogen functional groups attached to an aromatic ring is 1. The smallest absolute Gasteiger partial charge is 0.222 e. The van der Waals surface area contributed by atoms with Crippen LogP contribution in [0.25, 0.3) is 0 Å². The minimum atomic E-state index is 0.146. The third-order valence-corrected chi connectivity index (χ3v) is 3.37. The van der Waals surface area contributed by atoms with Gasteiger partial charge in [0.25, 0.3) is 0 Å². The second-order valence-corrected chi connectivity index (χ2v) is 5.00. The lowest BCUT2D eigenvalue weighted by atomic mass is 10.1. The Kier molecular flexibility index (Phi) is 3.90. The molecule has 0 fully saturated rings. The fraction of sp³-hybridized carbons (Fsp3) is 0.286. The molecular formula is C14H17ClN4. The normalized spacial score (nSPS) is 12.2. The molecule has 2 aromatic rings. The Balaban J connectivity index is 2.30. The molecule has 0 aliphatic carbocycles. The van der Waals surface area contributed by atoms with Crippen LogP contribution < -0.4 is 10.6 Å². The Hall–Kier alpha value is -1.81. The van der Waals surface area contributed by atoms with Gasteiger partial charge in [0.2, 0.25) is 5.95 Å². The highest BCUT2D eigenvalue weighted by atomic mass is 35.5. The number of aryl methyl sites for hydroxylation is 1. The van der Waals surface area contributed by atoms with Crippen molar-refractivity contribution in [3.63, 3.8) is 0 Å². The lowest BCUT2D eigenvalue weighted by Crippen LogP contribution is -2.23. The zero-order valence-corrected chi connectivity index (χ0v) is 12.0. The van der Waals surface area contributed by atoms with E-state index in [9.17, 15) is 0 Å². The van der Waals surface area contributed by atoms with Crippen LogP contribution in [0.4, 0.5) is 11.8 Å². The molecular weight excluding hydrogens is 260 g/mol. The average Bonchev–Trinajstić information content (AvgIpc) is 2.36. The van der Waals surface area contributed by atoms with Crippen LogP contribution in [0.5, 0.6) is 0 Å². The maximum atomic E-state index is 6.03. The van der Waals surface area contributed by atoms with E-state index in [0.717, 1.165) is 22.1 Å². The third kappa shape index (κ3) is 3.15. The highest BCUT2D eigenvalue weighted by Gasteiger charge is 2.14. The van der Waals surface area contributed by atoms with Gasteiger partial charge in [0.15, 0.2) is 0 Å². The van der Waals surface area contributed by atoms with Gasteiger partial charge < -0.3 is 10.6 Å². The van der Waals surface area contributed by atoms with Crippen LogP contribution in [0.1, 0.15) is 24.2 Å². The maximum Gasteiger partial charge on any atom is 0.222 e. The predicted molar refractivity (Wildman–Crippen MR) is 79.5 cm³/mol. The van der Waals surface area contributed by atoms with Crippen LogP contribution in [-0.2, 0) is 0 Å². The fourth-order valence-corrected chi connectivity index (χ4v) is 2.14. The molecule has 0 spiro atoms. The zero-order chi connectivity index (χ0) is 14.0. The van der Waals surface area contributed by atoms with E-state index in [2.05, 4.69) is 21.8 Å². The van der Waals surface area contributed by atoms with Gasteiger partial charge in [-0.25, -0.2) is 4.98 Å². The standard InChI is InChI=1S/C14H17ClN4/c1-9-7-13(18-14(16)17-9)19(3)10(2)11-5-4-6-12(15)8-11/h4-8,10H,1-3H3,(H2,16,17,18). The highest BCUT2D eigenvalue weighted by Crippen LogP contribution is 2.26. The number of nitrogens with zero attached hydrogens (tertiary/aromatic N) is 3. The fourth-order valence-electron chi connectivity index (χ4n) is 1.94. The Morgan fingerprint density at radius 2 is 2.00 bits per heavy atom. The van der Waals surface area contributed by atoms with Crippen molar-refractivity contribution < 1.29 is 0 Å². The highest BCUT2D eigenvalue weighted by molar-refractivity contribution is 6.30. The molecule has 0 saturated carbocycles. The summed E-state index contributed by atoms with van der Waals surface area (Å²) < 4.78 is 0. The topological polar surface area (TPSA) is 55.0 Å². The van der Waals surface area contributed by atoms with Gasteiger partial charge in [-0.2, -0.15) is 4.98 Å². The predicted octanol–water partition coefficient (Wildman–Crippen LogP) is 3.22. The molecule has 2 N–H and O–H groups in total. The number of hydrogen-bond acceptors (Lipinski definition) is 4. The molecule has 0 saturated heterocycles. The summed E-state index contributed by atoms with van der Waals surface area (Å²) in [5, 5.41) is 0.733. The second-order valence-electron chi connectivity index (χ2n) is 4.57. The summed E-state index contributed by atoms with van der Waals surface area (Å²) in [6.45, 7) is 4.00. The SMILES string of the molecule is Cc1cc(N(C)C(C)c2cccc(Cl)c2)nc(N)n1. The van der Waals surface area contributed by atoms with Crippen molar-refractivity contribution in [1.82, 2.24) is 9.97 Å². The van der Waals surface area contributed by atoms with Crippen molar-refractivity contribution in [2.75, 3.05) is 17.7 Å².